The van der Waals surface area contributed by atoms with Crippen LogP contribution in [0, 0.1) is 0 Å². The Morgan fingerprint density at radius 1 is 1.20 bits per heavy atom. The highest BCUT2D eigenvalue weighted by Gasteiger charge is 2.15. The van der Waals surface area contributed by atoms with Crippen molar-refractivity contribution < 1.29 is 0 Å². The van der Waals surface area contributed by atoms with Crippen molar-refractivity contribution in [3.05, 3.63) is 58.9 Å². The van der Waals surface area contributed by atoms with Crippen molar-refractivity contribution in [2.75, 3.05) is 5.32 Å². The summed E-state index contributed by atoms with van der Waals surface area (Å²) in [5.41, 5.74) is 4.80. The molecule has 4 aromatic heterocycles. The van der Waals surface area contributed by atoms with Gasteiger partial charge in [-0.15, -0.1) is 0 Å². The average Bonchev–Trinajstić information content (AvgIpc) is 3.43. The molecule has 10 heteroatoms. The Hall–Kier alpha value is -3.10. The lowest BCUT2D eigenvalue weighted by molar-refractivity contribution is 0.532. The van der Waals surface area contributed by atoms with E-state index in [2.05, 4.69) is 44.3 Å². The lowest BCUT2D eigenvalue weighted by atomic mass is 10.3. The first-order valence-electron chi connectivity index (χ1n) is 9.45. The molecule has 0 spiro atoms. The number of imidazole rings is 2. The van der Waals surface area contributed by atoms with Crippen LogP contribution in [0.3, 0.4) is 0 Å². The van der Waals surface area contributed by atoms with E-state index in [0.717, 1.165) is 33.8 Å². The number of nitrogens with zero attached hydrogens (tertiary/aromatic N) is 6. The molecule has 30 heavy (non-hydrogen) atoms. The summed E-state index contributed by atoms with van der Waals surface area (Å²) in [6.07, 6.45) is 5.55. The normalized spacial score (nSPS) is 11.8. The second kappa shape index (κ2) is 7.30. The quantitative estimate of drug-likeness (QED) is 0.402. The number of fused-ring (bicyclic) bond motifs is 2. The molecule has 0 bridgehead atoms. The van der Waals surface area contributed by atoms with Crippen molar-refractivity contribution in [1.29, 1.82) is 0 Å². The molecule has 0 saturated heterocycles. The lowest BCUT2D eigenvalue weighted by Gasteiger charge is -2.07. The number of halogens is 2. The van der Waals surface area contributed by atoms with Crippen molar-refractivity contribution >= 4 is 45.6 Å². The summed E-state index contributed by atoms with van der Waals surface area (Å²) in [4.78, 5) is 12.4. The smallest absolute Gasteiger partial charge is 0.177 e. The van der Waals surface area contributed by atoms with E-state index >= 15 is 0 Å². The summed E-state index contributed by atoms with van der Waals surface area (Å²) >= 11 is 12.5. The second-order valence-electron chi connectivity index (χ2n) is 7.23. The molecule has 0 radical (unpaired) electrons. The number of para-hydroxylation sites is 1. The zero-order valence-corrected chi connectivity index (χ0v) is 17.8. The maximum Gasteiger partial charge on any atom is 0.177 e. The zero-order valence-electron chi connectivity index (χ0n) is 16.3. The third-order valence-corrected chi connectivity index (χ3v) is 5.33. The molecule has 2 N–H and O–H groups in total. The van der Waals surface area contributed by atoms with E-state index < -0.39 is 0 Å². The van der Waals surface area contributed by atoms with Gasteiger partial charge in [0, 0.05) is 23.9 Å². The maximum absolute atomic E-state index is 6.30. The first-order chi connectivity index (χ1) is 14.5. The van der Waals surface area contributed by atoms with Crippen LogP contribution in [0.15, 0.2) is 42.9 Å². The molecule has 0 atom stereocenters. The van der Waals surface area contributed by atoms with Gasteiger partial charge < -0.3 is 10.3 Å². The first-order valence-corrected chi connectivity index (χ1v) is 10.2. The van der Waals surface area contributed by atoms with E-state index in [0.29, 0.717) is 22.4 Å². The molecule has 5 rings (SSSR count). The van der Waals surface area contributed by atoms with Gasteiger partial charge in [-0.3, -0.25) is 4.68 Å². The van der Waals surface area contributed by atoms with Gasteiger partial charge in [0.1, 0.15) is 5.82 Å². The van der Waals surface area contributed by atoms with Crippen LogP contribution in [-0.2, 0) is 6.54 Å². The van der Waals surface area contributed by atoms with Gasteiger partial charge in [0.15, 0.2) is 10.8 Å². The van der Waals surface area contributed by atoms with Crippen molar-refractivity contribution in [1.82, 2.24) is 34.3 Å². The molecule has 152 valence electrons. The SMILES string of the molecule is CC(C)n1cc(-c2cnc3c(NCc4nc5cccc(Cl)c5[nH]4)cc(Cl)nn23)cn1. The fraction of sp³-hybridized carbons (Fsp3) is 0.200. The fourth-order valence-corrected chi connectivity index (χ4v) is 3.73. The van der Waals surface area contributed by atoms with E-state index in [4.69, 9.17) is 23.2 Å². The van der Waals surface area contributed by atoms with Crippen LogP contribution in [0.5, 0.6) is 0 Å². The minimum Gasteiger partial charge on any atom is -0.375 e. The van der Waals surface area contributed by atoms with E-state index in [1.807, 2.05) is 29.1 Å². The monoisotopic (exact) mass is 440 g/mol. The molecule has 1 aromatic carbocycles. The number of anilines is 1. The van der Waals surface area contributed by atoms with Crippen LogP contribution >= 0.6 is 23.2 Å². The molecule has 0 unspecified atom stereocenters. The predicted molar refractivity (Wildman–Crippen MR) is 118 cm³/mol. The van der Waals surface area contributed by atoms with Crippen LogP contribution < -0.4 is 5.32 Å². The Bertz CT molecular complexity index is 1360. The van der Waals surface area contributed by atoms with Gasteiger partial charge in [-0.05, 0) is 26.0 Å². The summed E-state index contributed by atoms with van der Waals surface area (Å²) in [5, 5.41) is 13.2. The summed E-state index contributed by atoms with van der Waals surface area (Å²) < 4.78 is 3.62. The molecular weight excluding hydrogens is 423 g/mol. The minimum atomic E-state index is 0.268. The number of nitrogens with one attached hydrogen (secondary N) is 2. The van der Waals surface area contributed by atoms with E-state index in [1.165, 1.54) is 0 Å². The van der Waals surface area contributed by atoms with E-state index in [-0.39, 0.29) is 6.04 Å². The number of aromatic nitrogens is 7. The molecule has 0 saturated carbocycles. The van der Waals surface area contributed by atoms with Crippen molar-refractivity contribution in [3.8, 4) is 11.3 Å². The molecule has 0 aliphatic heterocycles. The topological polar surface area (TPSA) is 88.7 Å². The average molecular weight is 441 g/mol. The molecule has 4 heterocycles. The molecule has 8 nitrogen and oxygen atoms in total. The van der Waals surface area contributed by atoms with Crippen LogP contribution in [-0.4, -0.2) is 34.3 Å². The summed E-state index contributed by atoms with van der Waals surface area (Å²) in [7, 11) is 0. The third-order valence-electron chi connectivity index (χ3n) is 4.83. The lowest BCUT2D eigenvalue weighted by Crippen LogP contribution is -2.05. The number of H-pyrrole nitrogens is 1. The molecule has 0 aliphatic rings. The van der Waals surface area contributed by atoms with Crippen LogP contribution in [0.4, 0.5) is 5.69 Å². The van der Waals surface area contributed by atoms with Crippen molar-refractivity contribution in [2.45, 2.75) is 26.4 Å². The number of hydrogen-bond donors (Lipinski definition) is 2. The molecular formula is C20H18Cl2N8. The highest BCUT2D eigenvalue weighted by atomic mass is 35.5. The largest absolute Gasteiger partial charge is 0.375 e. The number of aromatic amines is 1. The minimum absolute atomic E-state index is 0.268. The summed E-state index contributed by atoms with van der Waals surface area (Å²) in [5.74, 6) is 0.758. The van der Waals surface area contributed by atoms with Gasteiger partial charge in [0.2, 0.25) is 0 Å². The Balaban J connectivity index is 1.48. The summed E-state index contributed by atoms with van der Waals surface area (Å²) in [6.45, 7) is 4.61. The predicted octanol–water partition coefficient (Wildman–Crippen LogP) is 4.97. The van der Waals surface area contributed by atoms with Crippen molar-refractivity contribution in [2.24, 2.45) is 0 Å². The molecule has 0 amide bonds. The number of hydrogen-bond acceptors (Lipinski definition) is 5. The molecule has 5 aromatic rings. The molecule has 0 aliphatic carbocycles. The van der Waals surface area contributed by atoms with Crippen LogP contribution in [0.25, 0.3) is 27.9 Å². The highest BCUT2D eigenvalue weighted by Crippen LogP contribution is 2.27. The van der Waals surface area contributed by atoms with E-state index in [1.54, 1.807) is 23.0 Å². The summed E-state index contributed by atoms with van der Waals surface area (Å²) in [6, 6.07) is 7.65. The number of rotatable bonds is 5. The van der Waals surface area contributed by atoms with Gasteiger partial charge in [-0.2, -0.15) is 10.2 Å². The van der Waals surface area contributed by atoms with Crippen LogP contribution in [0.2, 0.25) is 10.2 Å². The first kappa shape index (κ1) is 18.9. The Kier molecular flexibility index (Phi) is 4.60. The van der Waals surface area contributed by atoms with Gasteiger partial charge in [0.05, 0.1) is 46.4 Å². The van der Waals surface area contributed by atoms with E-state index in [9.17, 15) is 0 Å². The number of benzene rings is 1. The fourth-order valence-electron chi connectivity index (χ4n) is 3.33. The molecule has 0 fully saturated rings. The van der Waals surface area contributed by atoms with Gasteiger partial charge in [-0.1, -0.05) is 29.3 Å². The van der Waals surface area contributed by atoms with Gasteiger partial charge in [0.25, 0.3) is 0 Å². The second-order valence-corrected chi connectivity index (χ2v) is 8.03. The maximum atomic E-state index is 6.30. The Morgan fingerprint density at radius 3 is 2.83 bits per heavy atom. The van der Waals surface area contributed by atoms with Gasteiger partial charge in [-0.25, -0.2) is 14.5 Å². The van der Waals surface area contributed by atoms with Crippen LogP contribution in [0.1, 0.15) is 25.7 Å². The Morgan fingerprint density at radius 2 is 2.07 bits per heavy atom. The van der Waals surface area contributed by atoms with Crippen molar-refractivity contribution in [3.63, 3.8) is 0 Å². The Labute approximate surface area is 181 Å². The van der Waals surface area contributed by atoms with Gasteiger partial charge >= 0.3 is 0 Å². The third kappa shape index (κ3) is 3.28. The highest BCUT2D eigenvalue weighted by molar-refractivity contribution is 6.34. The zero-order chi connectivity index (χ0) is 20.8. The standard InChI is InChI=1S/C20H18Cl2N8/c1-11(2)29-10-12(7-25-29)16-8-24-20-15(6-17(22)28-30(16)20)23-9-18-26-14-5-3-4-13(21)19(14)27-18/h3-8,10-11,23H,9H2,1-2H3,(H,26,27).